The minimum Gasteiger partial charge on any atom is -0.508 e. The van der Waals surface area contributed by atoms with E-state index < -0.39 is 0 Å². The van der Waals surface area contributed by atoms with Crippen molar-refractivity contribution < 1.29 is 5.11 Å². The molecule has 1 rings (SSSR count). The Morgan fingerprint density at radius 3 is 2.86 bits per heavy atom. The van der Waals surface area contributed by atoms with E-state index in [9.17, 15) is 5.11 Å². The van der Waals surface area contributed by atoms with Crippen LogP contribution in [0.3, 0.4) is 0 Å². The van der Waals surface area contributed by atoms with E-state index in [1.807, 2.05) is 13.0 Å². The zero-order valence-electron chi connectivity index (χ0n) is 8.20. The van der Waals surface area contributed by atoms with Gasteiger partial charge in [0.1, 0.15) is 5.75 Å². The molecule has 1 aromatic rings. The number of rotatable bonds is 3. The summed E-state index contributed by atoms with van der Waals surface area (Å²) >= 11 is 0. The Kier molecular flexibility index (Phi) is 3.49. The molecular formula is C11H14N2O. The molecule has 14 heavy (non-hydrogen) atoms. The predicted octanol–water partition coefficient (Wildman–Crippen LogP) is 2.06. The van der Waals surface area contributed by atoms with E-state index in [2.05, 4.69) is 0 Å². The van der Waals surface area contributed by atoms with Gasteiger partial charge in [-0.2, -0.15) is 5.26 Å². The normalized spacial score (nSPS) is 12.1. The molecular weight excluding hydrogens is 176 g/mol. The monoisotopic (exact) mass is 190 g/mol. The number of nitrogens with two attached hydrogens (primary N) is 1. The predicted molar refractivity (Wildman–Crippen MR) is 54.7 cm³/mol. The number of phenolic OH excluding ortho intramolecular Hbond substituents is 1. The highest BCUT2D eigenvalue weighted by molar-refractivity contribution is 5.42. The lowest BCUT2D eigenvalue weighted by Crippen LogP contribution is -2.10. The second-order valence-electron chi connectivity index (χ2n) is 3.28. The molecule has 3 N–H and O–H groups in total. The molecule has 0 bridgehead atoms. The number of hydrogen-bond acceptors (Lipinski definition) is 3. The fraction of sp³-hybridized carbons (Fsp3) is 0.364. The third-order valence-electron chi connectivity index (χ3n) is 2.16. The molecule has 0 aliphatic rings. The second-order valence-corrected chi connectivity index (χ2v) is 3.28. The van der Waals surface area contributed by atoms with E-state index in [4.69, 9.17) is 11.0 Å². The van der Waals surface area contributed by atoms with Crippen LogP contribution in [0.1, 0.15) is 36.9 Å². The summed E-state index contributed by atoms with van der Waals surface area (Å²) in [5, 5.41) is 18.2. The van der Waals surface area contributed by atoms with Crippen LogP contribution in [0.4, 0.5) is 0 Å². The molecule has 0 radical (unpaired) electrons. The maximum absolute atomic E-state index is 9.54. The Morgan fingerprint density at radius 2 is 2.29 bits per heavy atom. The first-order valence-electron chi connectivity index (χ1n) is 4.67. The van der Waals surface area contributed by atoms with Crippen LogP contribution in [-0.4, -0.2) is 5.11 Å². The molecule has 74 valence electrons. The van der Waals surface area contributed by atoms with Crippen molar-refractivity contribution in [3.05, 3.63) is 29.3 Å². The summed E-state index contributed by atoms with van der Waals surface area (Å²) in [5.41, 5.74) is 7.05. The van der Waals surface area contributed by atoms with Crippen LogP contribution in [0, 0.1) is 11.3 Å². The summed E-state index contributed by atoms with van der Waals surface area (Å²) < 4.78 is 0. The summed E-state index contributed by atoms with van der Waals surface area (Å²) in [6.45, 7) is 2.03. The van der Waals surface area contributed by atoms with E-state index in [0.29, 0.717) is 11.1 Å². The molecule has 0 saturated heterocycles. The summed E-state index contributed by atoms with van der Waals surface area (Å²) in [7, 11) is 0. The Hall–Kier alpha value is -1.53. The van der Waals surface area contributed by atoms with Gasteiger partial charge in [0.25, 0.3) is 0 Å². The van der Waals surface area contributed by atoms with Gasteiger partial charge in [0.05, 0.1) is 11.6 Å². The van der Waals surface area contributed by atoms with E-state index >= 15 is 0 Å². The smallest absolute Gasteiger partial charge is 0.120 e. The number of phenols is 1. The van der Waals surface area contributed by atoms with Crippen LogP contribution >= 0.6 is 0 Å². The number of hydrogen-bond donors (Lipinski definition) is 2. The second kappa shape index (κ2) is 4.64. The van der Waals surface area contributed by atoms with E-state index in [-0.39, 0.29) is 11.8 Å². The molecule has 0 aromatic heterocycles. The van der Waals surface area contributed by atoms with Crippen LogP contribution in [-0.2, 0) is 0 Å². The van der Waals surface area contributed by atoms with Crippen LogP contribution < -0.4 is 5.73 Å². The van der Waals surface area contributed by atoms with Crippen molar-refractivity contribution in [1.82, 2.24) is 0 Å². The molecule has 3 nitrogen and oxygen atoms in total. The standard InChI is InChI=1S/C11H14N2O/c1-2-3-10(13)9-6-8(7-12)4-5-11(9)14/h4-6,10,14H,2-3,13H2,1H3/t10-/m0/s1. The van der Waals surface area contributed by atoms with Gasteiger partial charge in [0.15, 0.2) is 0 Å². The first kappa shape index (κ1) is 10.6. The third-order valence-corrected chi connectivity index (χ3v) is 2.16. The summed E-state index contributed by atoms with van der Waals surface area (Å²) in [4.78, 5) is 0. The molecule has 0 saturated carbocycles. The van der Waals surface area contributed by atoms with Gasteiger partial charge in [-0.15, -0.1) is 0 Å². The highest BCUT2D eigenvalue weighted by atomic mass is 16.3. The Labute approximate surface area is 83.8 Å². The molecule has 0 fully saturated rings. The van der Waals surface area contributed by atoms with Gasteiger partial charge >= 0.3 is 0 Å². The van der Waals surface area contributed by atoms with E-state index in [1.54, 1.807) is 12.1 Å². The molecule has 0 heterocycles. The molecule has 0 unspecified atom stereocenters. The molecule has 0 spiro atoms. The van der Waals surface area contributed by atoms with E-state index in [1.165, 1.54) is 6.07 Å². The lowest BCUT2D eigenvalue weighted by atomic mass is 10.0. The zero-order chi connectivity index (χ0) is 10.6. The number of nitriles is 1. The maximum atomic E-state index is 9.54. The van der Waals surface area contributed by atoms with Gasteiger partial charge in [-0.3, -0.25) is 0 Å². The fourth-order valence-corrected chi connectivity index (χ4v) is 1.39. The van der Waals surface area contributed by atoms with Crippen molar-refractivity contribution in [1.29, 1.82) is 5.26 Å². The Morgan fingerprint density at radius 1 is 1.57 bits per heavy atom. The first-order valence-corrected chi connectivity index (χ1v) is 4.67. The lowest BCUT2D eigenvalue weighted by Gasteiger charge is -2.12. The van der Waals surface area contributed by atoms with E-state index in [0.717, 1.165) is 12.8 Å². The lowest BCUT2D eigenvalue weighted by molar-refractivity contribution is 0.458. The molecule has 0 aliphatic carbocycles. The minimum absolute atomic E-state index is 0.171. The molecule has 0 amide bonds. The van der Waals surface area contributed by atoms with Crippen molar-refractivity contribution in [3.63, 3.8) is 0 Å². The Balaban J connectivity index is 3.01. The number of nitrogens with zero attached hydrogens (tertiary/aromatic N) is 1. The van der Waals surface area contributed by atoms with Gasteiger partial charge < -0.3 is 10.8 Å². The van der Waals surface area contributed by atoms with Crippen LogP contribution in [0.25, 0.3) is 0 Å². The minimum atomic E-state index is -0.187. The van der Waals surface area contributed by atoms with Crippen LogP contribution in [0.5, 0.6) is 5.75 Å². The molecule has 3 heteroatoms. The molecule has 1 atom stereocenters. The van der Waals surface area contributed by atoms with Crippen LogP contribution in [0.2, 0.25) is 0 Å². The third kappa shape index (κ3) is 2.24. The average Bonchev–Trinajstić information content (AvgIpc) is 2.19. The summed E-state index contributed by atoms with van der Waals surface area (Å²) in [6.07, 6.45) is 1.76. The molecule has 0 aliphatic heterocycles. The number of aromatic hydroxyl groups is 1. The maximum Gasteiger partial charge on any atom is 0.120 e. The van der Waals surface area contributed by atoms with Gasteiger partial charge in [-0.25, -0.2) is 0 Å². The summed E-state index contributed by atoms with van der Waals surface area (Å²) in [5.74, 6) is 0.171. The topological polar surface area (TPSA) is 70.0 Å². The quantitative estimate of drug-likeness (QED) is 0.766. The Bertz CT molecular complexity index is 355. The summed E-state index contributed by atoms with van der Waals surface area (Å²) in [6, 6.07) is 6.58. The van der Waals surface area contributed by atoms with Gasteiger partial charge in [-0.1, -0.05) is 13.3 Å². The SMILES string of the molecule is CCC[C@H](N)c1cc(C#N)ccc1O. The average molecular weight is 190 g/mol. The van der Waals surface area contributed by atoms with Gasteiger partial charge in [0.2, 0.25) is 0 Å². The van der Waals surface area contributed by atoms with Crippen molar-refractivity contribution >= 4 is 0 Å². The van der Waals surface area contributed by atoms with Crippen LogP contribution in [0.15, 0.2) is 18.2 Å². The largest absolute Gasteiger partial charge is 0.508 e. The van der Waals surface area contributed by atoms with Crippen molar-refractivity contribution in [3.8, 4) is 11.8 Å². The first-order chi connectivity index (χ1) is 6.69. The van der Waals surface area contributed by atoms with Crippen molar-refractivity contribution in [2.45, 2.75) is 25.8 Å². The highest BCUT2D eigenvalue weighted by Crippen LogP contribution is 2.26. The van der Waals surface area contributed by atoms with Gasteiger partial charge in [0, 0.05) is 11.6 Å². The zero-order valence-corrected chi connectivity index (χ0v) is 8.20. The van der Waals surface area contributed by atoms with Crippen molar-refractivity contribution in [2.24, 2.45) is 5.73 Å². The molecule has 1 aromatic carbocycles. The fourth-order valence-electron chi connectivity index (χ4n) is 1.39. The van der Waals surface area contributed by atoms with Gasteiger partial charge in [-0.05, 0) is 24.6 Å². The highest BCUT2D eigenvalue weighted by Gasteiger charge is 2.10. The van der Waals surface area contributed by atoms with Crippen molar-refractivity contribution in [2.75, 3.05) is 0 Å². The number of benzene rings is 1.